The topological polar surface area (TPSA) is 0 Å². The summed E-state index contributed by atoms with van der Waals surface area (Å²) >= 11 is 0. The zero-order chi connectivity index (χ0) is 7.82. The zero-order valence-corrected chi connectivity index (χ0v) is 7.62. The molecule has 0 saturated carbocycles. The summed E-state index contributed by atoms with van der Waals surface area (Å²) in [6.45, 7) is -3.67. The second-order valence-electron chi connectivity index (χ2n) is 1.40. The van der Waals surface area contributed by atoms with Crippen LogP contribution in [-0.4, -0.2) is 6.68 Å². The fourth-order valence-corrected chi connectivity index (χ4v) is 0.385. The van der Waals surface area contributed by atoms with E-state index in [0.717, 1.165) is 0 Å². The lowest BCUT2D eigenvalue weighted by atomic mass is 10.4. The van der Waals surface area contributed by atoms with Crippen LogP contribution in [0.1, 0.15) is 7.43 Å². The summed E-state index contributed by atoms with van der Waals surface area (Å²) in [6.07, 6.45) is 0. The van der Waals surface area contributed by atoms with E-state index in [9.17, 15) is 13.2 Å². The molecule has 1 rings (SSSR count). The van der Waals surface area contributed by atoms with E-state index in [1.807, 2.05) is 36.4 Å². The van der Waals surface area contributed by atoms with Gasteiger partial charge in [0.05, 0.1) is 0 Å². The van der Waals surface area contributed by atoms with E-state index in [1.165, 1.54) is 0 Å². The van der Waals surface area contributed by atoms with Crippen molar-refractivity contribution in [1.82, 2.24) is 0 Å². The first-order valence-electron chi connectivity index (χ1n) is 2.65. The molecular weight excluding hydrogens is 224 g/mol. The maximum Gasteiger partial charge on any atom is 0.379 e. The van der Waals surface area contributed by atoms with Crippen LogP contribution in [0, 0.1) is 0 Å². The number of rotatable bonds is 0. The lowest BCUT2D eigenvalue weighted by Crippen LogP contribution is -1.65. The Labute approximate surface area is 89.0 Å². The molecule has 0 N–H and O–H groups in total. The first-order chi connectivity index (χ1) is 4.73. The summed E-state index contributed by atoms with van der Waals surface area (Å²) in [7, 11) is 0. The van der Waals surface area contributed by atoms with Crippen molar-refractivity contribution in [3.63, 3.8) is 0 Å². The Morgan fingerprint density at radius 3 is 0.769 bits per heavy atom. The standard InChI is InChI=1S/C6H6.CHF3.CH4.2ClH/c1-2-4-6-5-3-1;2-1(3)4;;;/h1-6H;1H;1H4;2*1H. The Morgan fingerprint density at radius 1 is 0.615 bits per heavy atom. The second kappa shape index (κ2) is 17.6. The molecule has 0 radical (unpaired) electrons. The molecule has 0 amide bonds. The Bertz CT molecular complexity index is 118. The highest BCUT2D eigenvalue weighted by Gasteiger charge is 1.86. The third-order valence-electron chi connectivity index (χ3n) is 0.667. The number of alkyl halides is 3. The van der Waals surface area contributed by atoms with Gasteiger partial charge in [0, 0.05) is 0 Å². The molecule has 5 heteroatoms. The molecule has 0 unspecified atom stereocenters. The fourth-order valence-electron chi connectivity index (χ4n) is 0.385. The molecule has 0 aliphatic rings. The number of halogens is 5. The average Bonchev–Trinajstić information content (AvgIpc) is 1.90. The molecule has 0 bridgehead atoms. The van der Waals surface area contributed by atoms with Crippen LogP contribution in [0.15, 0.2) is 36.4 Å². The Kier molecular flexibility index (Phi) is 31.1. The van der Waals surface area contributed by atoms with Crippen LogP contribution in [0.3, 0.4) is 0 Å². The molecule has 1 aromatic carbocycles. The minimum atomic E-state index is -3.67. The van der Waals surface area contributed by atoms with Gasteiger partial charge in [0.1, 0.15) is 0 Å². The predicted molar refractivity (Wildman–Crippen MR) is 54.8 cm³/mol. The largest absolute Gasteiger partial charge is 0.379 e. The van der Waals surface area contributed by atoms with Gasteiger partial charge in [-0.1, -0.05) is 43.8 Å². The van der Waals surface area contributed by atoms with Gasteiger partial charge in [-0.3, -0.25) is 0 Å². The summed E-state index contributed by atoms with van der Waals surface area (Å²) in [5.41, 5.74) is 0. The van der Waals surface area contributed by atoms with Gasteiger partial charge in [-0.15, -0.1) is 24.8 Å². The highest BCUT2D eigenvalue weighted by Crippen LogP contribution is 1.87. The Balaban J connectivity index is -0.0000000536. The van der Waals surface area contributed by atoms with Gasteiger partial charge < -0.3 is 0 Å². The van der Waals surface area contributed by atoms with E-state index >= 15 is 0 Å². The van der Waals surface area contributed by atoms with Crippen LogP contribution < -0.4 is 0 Å². The number of hydrogen-bond donors (Lipinski definition) is 0. The van der Waals surface area contributed by atoms with Crippen molar-refractivity contribution in [2.45, 2.75) is 14.1 Å². The third-order valence-corrected chi connectivity index (χ3v) is 0.667. The summed E-state index contributed by atoms with van der Waals surface area (Å²) < 4.78 is 29.0. The van der Waals surface area contributed by atoms with Crippen molar-refractivity contribution < 1.29 is 13.2 Å². The minimum Gasteiger partial charge on any atom is -0.174 e. The van der Waals surface area contributed by atoms with Gasteiger partial charge in [0.25, 0.3) is 0 Å². The van der Waals surface area contributed by atoms with Crippen LogP contribution in [0.2, 0.25) is 0 Å². The Morgan fingerprint density at radius 2 is 0.692 bits per heavy atom. The van der Waals surface area contributed by atoms with Gasteiger partial charge in [0.15, 0.2) is 0 Å². The molecule has 0 spiro atoms. The van der Waals surface area contributed by atoms with Crippen LogP contribution in [-0.2, 0) is 0 Å². The van der Waals surface area contributed by atoms with E-state index in [4.69, 9.17) is 0 Å². The highest BCUT2D eigenvalue weighted by atomic mass is 35.5. The normalized spacial score (nSPS) is 6.46. The monoisotopic (exact) mass is 236 g/mol. The molecular formula is C8H13Cl2F3. The van der Waals surface area contributed by atoms with Gasteiger partial charge in [-0.05, 0) is 0 Å². The summed E-state index contributed by atoms with van der Waals surface area (Å²) in [4.78, 5) is 0. The van der Waals surface area contributed by atoms with E-state index in [2.05, 4.69) is 0 Å². The summed E-state index contributed by atoms with van der Waals surface area (Å²) in [5.74, 6) is 0. The maximum absolute atomic E-state index is 9.67. The van der Waals surface area contributed by atoms with E-state index in [-0.39, 0.29) is 32.2 Å². The predicted octanol–water partition coefficient (Wildman–Crippen LogP) is 4.34. The first-order valence-corrected chi connectivity index (χ1v) is 2.65. The van der Waals surface area contributed by atoms with Gasteiger partial charge in [0.2, 0.25) is 0 Å². The van der Waals surface area contributed by atoms with Crippen molar-refractivity contribution in [3.8, 4) is 0 Å². The smallest absolute Gasteiger partial charge is 0.174 e. The van der Waals surface area contributed by atoms with Gasteiger partial charge in [-0.2, -0.15) is 13.2 Å². The number of hydrogen-bond acceptors (Lipinski definition) is 0. The van der Waals surface area contributed by atoms with Crippen molar-refractivity contribution in [2.24, 2.45) is 0 Å². The minimum absolute atomic E-state index is 0. The maximum atomic E-state index is 9.67. The van der Waals surface area contributed by atoms with E-state index in [1.54, 1.807) is 0 Å². The summed E-state index contributed by atoms with van der Waals surface area (Å²) in [5, 5.41) is 0. The van der Waals surface area contributed by atoms with Crippen molar-refractivity contribution in [1.29, 1.82) is 0 Å². The van der Waals surface area contributed by atoms with E-state index in [0.29, 0.717) is 0 Å². The molecule has 0 heterocycles. The average molecular weight is 237 g/mol. The van der Waals surface area contributed by atoms with Crippen molar-refractivity contribution in [3.05, 3.63) is 36.4 Å². The highest BCUT2D eigenvalue weighted by molar-refractivity contribution is 5.85. The SMILES string of the molecule is C.Cl.Cl.FC(F)F.c1ccccc1. The molecule has 0 saturated heterocycles. The van der Waals surface area contributed by atoms with Gasteiger partial charge in [-0.25, -0.2) is 0 Å². The molecule has 80 valence electrons. The fraction of sp³-hybridized carbons (Fsp3) is 0.250. The van der Waals surface area contributed by atoms with Crippen LogP contribution in [0.25, 0.3) is 0 Å². The molecule has 1 aromatic rings. The van der Waals surface area contributed by atoms with Crippen LogP contribution in [0.5, 0.6) is 0 Å². The molecule has 0 aliphatic heterocycles. The zero-order valence-electron chi connectivity index (χ0n) is 5.99. The lowest BCUT2D eigenvalue weighted by Gasteiger charge is -1.69. The van der Waals surface area contributed by atoms with E-state index < -0.39 is 6.68 Å². The third kappa shape index (κ3) is 34.1. The summed E-state index contributed by atoms with van der Waals surface area (Å²) in [6, 6.07) is 12.0. The van der Waals surface area contributed by atoms with Crippen molar-refractivity contribution >= 4 is 24.8 Å². The molecule has 0 nitrogen and oxygen atoms in total. The lowest BCUT2D eigenvalue weighted by molar-refractivity contribution is 0.00819. The molecule has 0 aliphatic carbocycles. The molecule has 0 fully saturated rings. The van der Waals surface area contributed by atoms with Gasteiger partial charge >= 0.3 is 6.68 Å². The number of benzene rings is 1. The van der Waals surface area contributed by atoms with Crippen LogP contribution in [0.4, 0.5) is 13.2 Å². The van der Waals surface area contributed by atoms with Crippen LogP contribution >= 0.6 is 24.8 Å². The molecule has 0 aromatic heterocycles. The quantitative estimate of drug-likeness (QED) is 0.629. The molecule has 13 heavy (non-hydrogen) atoms. The second-order valence-corrected chi connectivity index (χ2v) is 1.40. The Hall–Kier alpha value is -0.410. The molecule has 0 atom stereocenters. The first kappa shape index (κ1) is 22.9. The van der Waals surface area contributed by atoms with Crippen molar-refractivity contribution in [2.75, 3.05) is 0 Å².